The highest BCUT2D eigenvalue weighted by Gasteiger charge is 2.22. The molecule has 0 unspecified atom stereocenters. The van der Waals surface area contributed by atoms with Crippen molar-refractivity contribution < 1.29 is 14.3 Å². The van der Waals surface area contributed by atoms with Gasteiger partial charge in [0.25, 0.3) is 0 Å². The highest BCUT2D eigenvalue weighted by atomic mass is 32.1. The van der Waals surface area contributed by atoms with Crippen molar-refractivity contribution in [2.45, 2.75) is 40.0 Å². The number of methoxy groups -OCH3 is 1. The zero-order chi connectivity index (χ0) is 14.5. The molecular formula is C13H20N2O3S. The Bertz CT molecular complexity index is 449. The monoisotopic (exact) mass is 284 g/mol. The molecule has 0 radical (unpaired) electrons. The van der Waals surface area contributed by atoms with Crippen molar-refractivity contribution >= 4 is 28.3 Å². The second kappa shape index (κ2) is 6.65. The fourth-order valence-electron chi connectivity index (χ4n) is 1.28. The van der Waals surface area contributed by atoms with Crippen LogP contribution < -0.4 is 5.32 Å². The highest BCUT2D eigenvalue weighted by Crippen LogP contribution is 2.21. The number of nitrogens with zero attached hydrogens (tertiary/aromatic N) is 1. The third-order valence-corrected chi connectivity index (χ3v) is 3.30. The molecule has 0 aromatic carbocycles. The molecule has 0 aliphatic heterocycles. The van der Waals surface area contributed by atoms with Crippen LogP contribution in [0.5, 0.6) is 0 Å². The molecule has 19 heavy (non-hydrogen) atoms. The Morgan fingerprint density at radius 3 is 2.68 bits per heavy atom. The molecule has 1 rings (SSSR count). The van der Waals surface area contributed by atoms with E-state index in [0.29, 0.717) is 24.4 Å². The van der Waals surface area contributed by atoms with Gasteiger partial charge in [0.1, 0.15) is 0 Å². The van der Waals surface area contributed by atoms with E-state index in [1.807, 2.05) is 26.2 Å². The number of anilines is 1. The summed E-state index contributed by atoms with van der Waals surface area (Å²) in [6.07, 6.45) is 1.79. The van der Waals surface area contributed by atoms with Crippen LogP contribution in [0.1, 0.15) is 39.3 Å². The summed E-state index contributed by atoms with van der Waals surface area (Å²) in [5.41, 5.74) is 0.453. The van der Waals surface area contributed by atoms with Gasteiger partial charge >= 0.3 is 5.97 Å². The van der Waals surface area contributed by atoms with Crippen LogP contribution in [0.3, 0.4) is 0 Å². The molecular weight excluding hydrogens is 264 g/mol. The SMILES string of the molecule is COC(=O)CCCc1csc(NC(=O)C(C)(C)C)n1. The maximum absolute atomic E-state index is 11.8. The lowest BCUT2D eigenvalue weighted by Gasteiger charge is -2.15. The van der Waals surface area contributed by atoms with Crippen molar-refractivity contribution in [2.24, 2.45) is 5.41 Å². The van der Waals surface area contributed by atoms with Gasteiger partial charge in [0.15, 0.2) is 5.13 Å². The van der Waals surface area contributed by atoms with Gasteiger partial charge in [0.2, 0.25) is 5.91 Å². The Hall–Kier alpha value is -1.43. The van der Waals surface area contributed by atoms with Crippen molar-refractivity contribution in [1.82, 2.24) is 4.98 Å². The van der Waals surface area contributed by atoms with Crippen LogP contribution in [0.2, 0.25) is 0 Å². The topological polar surface area (TPSA) is 68.3 Å². The number of ether oxygens (including phenoxy) is 1. The first-order chi connectivity index (χ1) is 8.82. The van der Waals surface area contributed by atoms with E-state index in [1.165, 1.54) is 18.4 Å². The average molecular weight is 284 g/mol. The highest BCUT2D eigenvalue weighted by molar-refractivity contribution is 7.13. The largest absolute Gasteiger partial charge is 0.469 e. The number of hydrogen-bond acceptors (Lipinski definition) is 5. The standard InChI is InChI=1S/C13H20N2O3S/c1-13(2,3)11(17)15-12-14-9(8-19-12)6-5-7-10(16)18-4/h8H,5-7H2,1-4H3,(H,14,15,17). The van der Waals surface area contributed by atoms with E-state index < -0.39 is 5.41 Å². The summed E-state index contributed by atoms with van der Waals surface area (Å²) < 4.78 is 4.57. The van der Waals surface area contributed by atoms with Crippen molar-refractivity contribution in [3.05, 3.63) is 11.1 Å². The Labute approximate surface area is 117 Å². The van der Waals surface area contributed by atoms with Gasteiger partial charge in [-0.15, -0.1) is 11.3 Å². The second-order valence-electron chi connectivity index (χ2n) is 5.28. The number of carbonyl (C=O) groups is 2. The average Bonchev–Trinajstić information content (AvgIpc) is 2.75. The lowest BCUT2D eigenvalue weighted by Crippen LogP contribution is -2.27. The van der Waals surface area contributed by atoms with Gasteiger partial charge in [-0.25, -0.2) is 4.98 Å². The van der Waals surface area contributed by atoms with Crippen molar-refractivity contribution in [3.8, 4) is 0 Å². The van der Waals surface area contributed by atoms with Gasteiger partial charge in [0.05, 0.1) is 12.8 Å². The number of rotatable bonds is 5. The van der Waals surface area contributed by atoms with Gasteiger partial charge in [-0.2, -0.15) is 0 Å². The van der Waals surface area contributed by atoms with Crippen molar-refractivity contribution in [3.63, 3.8) is 0 Å². The van der Waals surface area contributed by atoms with E-state index >= 15 is 0 Å². The van der Waals surface area contributed by atoms with Gasteiger partial charge < -0.3 is 10.1 Å². The Kier molecular flexibility index (Phi) is 5.47. The van der Waals surface area contributed by atoms with Crippen LogP contribution in [0.4, 0.5) is 5.13 Å². The molecule has 5 nitrogen and oxygen atoms in total. The molecule has 0 bridgehead atoms. The normalized spacial score (nSPS) is 11.2. The molecule has 1 N–H and O–H groups in total. The van der Waals surface area contributed by atoms with Crippen LogP contribution >= 0.6 is 11.3 Å². The van der Waals surface area contributed by atoms with Gasteiger partial charge in [-0.3, -0.25) is 9.59 Å². The Morgan fingerprint density at radius 2 is 2.11 bits per heavy atom. The fraction of sp³-hybridized carbons (Fsp3) is 0.615. The minimum Gasteiger partial charge on any atom is -0.469 e. The molecule has 0 aliphatic carbocycles. The van der Waals surface area contributed by atoms with E-state index in [1.54, 1.807) is 0 Å². The number of amides is 1. The summed E-state index contributed by atoms with van der Waals surface area (Å²) >= 11 is 1.40. The van der Waals surface area contributed by atoms with E-state index in [2.05, 4.69) is 15.0 Å². The maximum Gasteiger partial charge on any atom is 0.305 e. The number of aromatic nitrogens is 1. The third-order valence-electron chi connectivity index (χ3n) is 2.49. The zero-order valence-electron chi connectivity index (χ0n) is 11.8. The van der Waals surface area contributed by atoms with E-state index in [0.717, 1.165) is 5.69 Å². The lowest BCUT2D eigenvalue weighted by molar-refractivity contribution is -0.140. The van der Waals surface area contributed by atoms with Crippen LogP contribution in [0.25, 0.3) is 0 Å². The predicted molar refractivity (Wildman–Crippen MR) is 75.2 cm³/mol. The summed E-state index contributed by atoms with van der Waals surface area (Å²) in [4.78, 5) is 27.1. The molecule has 0 saturated heterocycles. The number of aryl methyl sites for hydroxylation is 1. The molecule has 6 heteroatoms. The van der Waals surface area contributed by atoms with Crippen LogP contribution in [-0.2, 0) is 20.7 Å². The molecule has 0 fully saturated rings. The maximum atomic E-state index is 11.8. The van der Waals surface area contributed by atoms with Crippen molar-refractivity contribution in [1.29, 1.82) is 0 Å². The third kappa shape index (κ3) is 5.38. The Morgan fingerprint density at radius 1 is 1.42 bits per heavy atom. The summed E-state index contributed by atoms with van der Waals surface area (Å²) in [6, 6.07) is 0. The minimum atomic E-state index is -0.434. The number of nitrogens with one attached hydrogen (secondary N) is 1. The van der Waals surface area contributed by atoms with E-state index in [9.17, 15) is 9.59 Å². The summed E-state index contributed by atoms with van der Waals surface area (Å²) in [5.74, 6) is -0.264. The van der Waals surface area contributed by atoms with Gasteiger partial charge in [-0.1, -0.05) is 20.8 Å². The van der Waals surface area contributed by atoms with Gasteiger partial charge in [0, 0.05) is 17.2 Å². The second-order valence-corrected chi connectivity index (χ2v) is 6.14. The summed E-state index contributed by atoms with van der Waals surface area (Å²) in [6.45, 7) is 5.56. The number of esters is 1. The number of carbonyl (C=O) groups excluding carboxylic acids is 2. The first-order valence-electron chi connectivity index (χ1n) is 6.15. The molecule has 0 atom stereocenters. The van der Waals surface area contributed by atoms with E-state index in [-0.39, 0.29) is 11.9 Å². The lowest BCUT2D eigenvalue weighted by atomic mass is 9.96. The predicted octanol–water partition coefficient (Wildman–Crippen LogP) is 2.62. The van der Waals surface area contributed by atoms with Crippen LogP contribution in [0.15, 0.2) is 5.38 Å². The Balaban J connectivity index is 2.45. The van der Waals surface area contributed by atoms with Crippen molar-refractivity contribution in [2.75, 3.05) is 12.4 Å². The first kappa shape index (κ1) is 15.6. The molecule has 1 heterocycles. The van der Waals surface area contributed by atoms with Gasteiger partial charge in [-0.05, 0) is 12.8 Å². The van der Waals surface area contributed by atoms with Crippen LogP contribution in [-0.4, -0.2) is 24.0 Å². The minimum absolute atomic E-state index is 0.0528. The summed E-state index contributed by atoms with van der Waals surface area (Å²) in [5, 5.41) is 5.29. The molecule has 0 saturated carbocycles. The van der Waals surface area contributed by atoms with E-state index in [4.69, 9.17) is 0 Å². The molecule has 1 amide bonds. The smallest absolute Gasteiger partial charge is 0.305 e. The summed E-state index contributed by atoms with van der Waals surface area (Å²) in [7, 11) is 1.38. The number of hydrogen-bond donors (Lipinski definition) is 1. The quantitative estimate of drug-likeness (QED) is 0.844. The first-order valence-corrected chi connectivity index (χ1v) is 7.03. The molecule has 106 valence electrons. The number of thiazole rings is 1. The molecule has 1 aromatic heterocycles. The molecule has 0 spiro atoms. The molecule has 0 aliphatic rings. The fourth-order valence-corrected chi connectivity index (χ4v) is 2.02. The molecule has 1 aromatic rings. The zero-order valence-corrected chi connectivity index (χ0v) is 12.6. The van der Waals surface area contributed by atoms with Crippen LogP contribution in [0, 0.1) is 5.41 Å².